The second kappa shape index (κ2) is 11.9. The molecule has 14 heteroatoms. The zero-order chi connectivity index (χ0) is 28.3. The predicted molar refractivity (Wildman–Crippen MR) is 165 cm³/mol. The van der Waals surface area contributed by atoms with Crippen molar-refractivity contribution in [3.8, 4) is 0 Å². The molecule has 0 aliphatic carbocycles. The molecule has 39 heavy (non-hydrogen) atoms. The quantitative estimate of drug-likeness (QED) is 0.311. The van der Waals surface area contributed by atoms with Crippen molar-refractivity contribution in [2.24, 2.45) is 0 Å². The maximum absolute atomic E-state index is 12.4. The van der Waals surface area contributed by atoms with Gasteiger partial charge in [-0.2, -0.15) is 4.98 Å². The number of piperazine rings is 1. The number of aryl methyl sites for hydroxylation is 1. The number of imidazole rings is 1. The highest BCUT2D eigenvalue weighted by molar-refractivity contribution is 6.59. The van der Waals surface area contributed by atoms with Gasteiger partial charge in [0.25, 0.3) is 0 Å². The van der Waals surface area contributed by atoms with Gasteiger partial charge >= 0.3 is 0 Å². The van der Waals surface area contributed by atoms with E-state index in [1.807, 2.05) is 36.3 Å². The Morgan fingerprint density at radius 3 is 2.51 bits per heavy atom. The fraction of sp³-hybridized carbons (Fsp3) is 0.560. The van der Waals surface area contributed by atoms with E-state index < -0.39 is 0 Å². The van der Waals surface area contributed by atoms with E-state index in [-0.39, 0.29) is 17.1 Å². The van der Waals surface area contributed by atoms with E-state index in [1.165, 1.54) is 0 Å². The van der Waals surface area contributed by atoms with E-state index in [1.54, 1.807) is 4.52 Å². The lowest BCUT2D eigenvalue weighted by molar-refractivity contribution is -0.132. The first-order valence-electron chi connectivity index (χ1n) is 13.9. The number of hydrogen-bond acceptors (Lipinski definition) is 9. The van der Waals surface area contributed by atoms with E-state index in [0.717, 1.165) is 48.6 Å². The number of carbonyl (C=O) groups excluding carboxylic acids is 1. The van der Waals surface area contributed by atoms with Crippen molar-refractivity contribution in [3.05, 3.63) is 35.3 Å². The van der Waals surface area contributed by atoms with Gasteiger partial charge in [-0.25, -0.2) is 14.5 Å². The van der Waals surface area contributed by atoms with Crippen LogP contribution in [0, 0.1) is 6.92 Å². The zero-order valence-electron chi connectivity index (χ0n) is 24.5. The number of rotatable bonds is 10. The summed E-state index contributed by atoms with van der Waals surface area (Å²) in [7, 11) is 10.5. The molecule has 3 aromatic rings. The van der Waals surface area contributed by atoms with Gasteiger partial charge in [0.05, 0.1) is 42.0 Å². The molecular weight excluding hydrogens is 489 g/mol. The molecule has 0 saturated carbocycles. The summed E-state index contributed by atoms with van der Waals surface area (Å²) in [5, 5.41) is 8.33. The third-order valence-electron chi connectivity index (χ3n) is 7.26. The minimum absolute atomic E-state index is 0.0557. The van der Waals surface area contributed by atoms with E-state index in [0.29, 0.717) is 43.5 Å². The smallest absolute Gasteiger partial charge is 0.243 e. The van der Waals surface area contributed by atoms with E-state index >= 15 is 0 Å². The average molecular weight is 530 g/mol. The fourth-order valence-electron chi connectivity index (χ4n) is 5.10. The number of nitrogen functional groups attached to an aromatic ring is 1. The lowest BCUT2D eigenvalue weighted by Crippen LogP contribution is -2.51. The molecule has 1 fully saturated rings. The first-order valence-corrected chi connectivity index (χ1v) is 13.9. The summed E-state index contributed by atoms with van der Waals surface area (Å²) in [6.45, 7) is 7.69. The summed E-state index contributed by atoms with van der Waals surface area (Å²) in [5.74, 6) is 2.02. The molecule has 4 heterocycles. The molecule has 1 amide bonds. The molecule has 1 unspecified atom stereocenters. The predicted octanol–water partition coefficient (Wildman–Crippen LogP) is -1.24. The molecule has 11 nitrogen and oxygen atoms in total. The third-order valence-corrected chi connectivity index (χ3v) is 7.26. The van der Waals surface area contributed by atoms with E-state index in [4.69, 9.17) is 15.8 Å². The van der Waals surface area contributed by atoms with Crippen molar-refractivity contribution >= 4 is 52.7 Å². The molecular formula is C25H41B3N10O. The number of anilines is 3. The minimum atomic E-state index is 0.0557. The van der Waals surface area contributed by atoms with Crippen molar-refractivity contribution in [1.82, 2.24) is 34.4 Å². The number of amides is 1. The molecule has 3 aromatic heterocycles. The Bertz CT molecular complexity index is 1300. The van der Waals surface area contributed by atoms with Crippen LogP contribution in [-0.2, 0) is 11.2 Å². The monoisotopic (exact) mass is 530 g/mol. The van der Waals surface area contributed by atoms with Crippen LogP contribution in [0.25, 0.3) is 5.65 Å². The molecule has 1 saturated heterocycles. The minimum Gasteiger partial charge on any atom is -0.380 e. The van der Waals surface area contributed by atoms with Crippen molar-refractivity contribution in [3.63, 3.8) is 0 Å². The van der Waals surface area contributed by atoms with E-state index in [2.05, 4.69) is 63.6 Å². The van der Waals surface area contributed by atoms with Gasteiger partial charge in [-0.3, -0.25) is 4.79 Å². The van der Waals surface area contributed by atoms with Gasteiger partial charge in [-0.05, 0) is 38.6 Å². The molecule has 1 aliphatic heterocycles. The number of pyridine rings is 1. The molecule has 0 aromatic carbocycles. The van der Waals surface area contributed by atoms with Gasteiger partial charge in [-0.1, -0.05) is 24.5 Å². The average Bonchev–Trinajstić information content (AvgIpc) is 3.26. The Kier molecular flexibility index (Phi) is 8.73. The molecule has 0 spiro atoms. The van der Waals surface area contributed by atoms with Crippen LogP contribution in [0.5, 0.6) is 0 Å². The number of nitrogens with zero attached hydrogens (tertiary/aromatic N) is 8. The number of fused-ring (bicyclic) bond motifs is 1. The second-order valence-corrected chi connectivity index (χ2v) is 11.9. The van der Waals surface area contributed by atoms with Crippen LogP contribution in [0.3, 0.4) is 0 Å². The number of likely N-dealkylation sites (N-methyl/N-ethyl adjacent to an activating group) is 1. The van der Waals surface area contributed by atoms with Crippen LogP contribution in [0.1, 0.15) is 36.6 Å². The van der Waals surface area contributed by atoms with Crippen LogP contribution in [0.2, 0.25) is 5.11 Å². The third kappa shape index (κ3) is 6.84. The lowest BCUT2D eigenvalue weighted by Gasteiger charge is -2.36. The number of nitrogens with two attached hydrogens (primary N) is 1. The van der Waals surface area contributed by atoms with Crippen LogP contribution in [0.15, 0.2) is 18.5 Å². The van der Waals surface area contributed by atoms with Gasteiger partial charge in [0.15, 0.2) is 11.5 Å². The maximum atomic E-state index is 12.4. The topological polar surface area (TPSA) is 121 Å². The summed E-state index contributed by atoms with van der Waals surface area (Å²) < 4.78 is 1.80. The van der Waals surface area contributed by atoms with Crippen molar-refractivity contribution in [2.45, 2.75) is 44.3 Å². The van der Waals surface area contributed by atoms with Crippen LogP contribution < -0.4 is 16.0 Å². The first-order chi connectivity index (χ1) is 18.5. The van der Waals surface area contributed by atoms with Crippen molar-refractivity contribution in [1.29, 1.82) is 0 Å². The second-order valence-electron chi connectivity index (χ2n) is 11.9. The van der Waals surface area contributed by atoms with Gasteiger partial charge in [-0.15, -0.1) is 5.10 Å². The molecule has 3 N–H and O–H groups in total. The Morgan fingerprint density at radius 1 is 1.18 bits per heavy atom. The molecule has 206 valence electrons. The molecule has 0 bridgehead atoms. The summed E-state index contributed by atoms with van der Waals surface area (Å²) in [6.07, 6.45) is 6.43. The highest BCUT2D eigenvalue weighted by Crippen LogP contribution is 2.25. The zero-order valence-corrected chi connectivity index (χ0v) is 24.5. The summed E-state index contributed by atoms with van der Waals surface area (Å²) in [4.78, 5) is 32.3. The Morgan fingerprint density at radius 2 is 1.90 bits per heavy atom. The number of hydrogen-bond donors (Lipinski definition) is 2. The van der Waals surface area contributed by atoms with Crippen LogP contribution in [0.4, 0.5) is 17.6 Å². The lowest BCUT2D eigenvalue weighted by atomic mass is 9.39. The van der Waals surface area contributed by atoms with Crippen LogP contribution >= 0.6 is 0 Å². The van der Waals surface area contributed by atoms with Gasteiger partial charge < -0.3 is 25.8 Å². The van der Waals surface area contributed by atoms with Crippen LogP contribution in [-0.4, -0.2) is 117 Å². The van der Waals surface area contributed by atoms with Crippen molar-refractivity contribution < 1.29 is 4.79 Å². The number of aromatic nitrogens is 5. The van der Waals surface area contributed by atoms with Gasteiger partial charge in [0, 0.05) is 44.8 Å². The van der Waals surface area contributed by atoms with Gasteiger partial charge in [0.1, 0.15) is 5.82 Å². The van der Waals surface area contributed by atoms with Crippen molar-refractivity contribution in [2.75, 3.05) is 62.8 Å². The van der Waals surface area contributed by atoms with Gasteiger partial charge in [0.2, 0.25) is 11.9 Å². The highest BCUT2D eigenvalue weighted by atomic mass is 16.2. The molecule has 1 aliphatic rings. The fourth-order valence-corrected chi connectivity index (χ4v) is 5.10. The Hall–Kier alpha value is -3.28. The molecule has 4 rings (SSSR count). The normalized spacial score (nSPS) is 15.2. The maximum Gasteiger partial charge on any atom is 0.243 e. The highest BCUT2D eigenvalue weighted by Gasteiger charge is 2.26. The summed E-state index contributed by atoms with van der Waals surface area (Å²) >= 11 is 0. The first kappa shape index (κ1) is 28.7. The van der Waals surface area contributed by atoms with E-state index in [9.17, 15) is 4.79 Å². The largest absolute Gasteiger partial charge is 0.380 e. The summed E-state index contributed by atoms with van der Waals surface area (Å²) in [5.41, 5.74) is 9.94. The SMILES string of the molecule is BC(B)(B)C(CCC)Nc1nc(N)c2ncc(Cc3cnc(N4CCN(C(=O)CN(C)C)CC4)c(C)c3)n2n1. The Labute approximate surface area is 234 Å². The standard InChI is InChI=1S/C25H41B3N10O/c1-5-6-19(25(26,27)28)32-24-33-21(29)23-31-14-18(38(23)34-24)12-17-11-16(2)22(30-13-17)37-9-7-36(8-10-37)20(39)15-35(3)4/h11,13-14,19H,5-10,12,15,26-28H2,1-4H3,(H3,29,32,33,34). The Balaban J connectivity index is 1.48. The summed E-state index contributed by atoms with van der Waals surface area (Å²) in [6, 6.07) is 2.39. The number of carbonyl (C=O) groups is 1. The molecule has 1 atom stereocenters. The number of nitrogens with one attached hydrogen (secondary N) is 1. The molecule has 0 radical (unpaired) electrons.